The van der Waals surface area contributed by atoms with Crippen molar-refractivity contribution in [3.8, 4) is 0 Å². The van der Waals surface area contributed by atoms with Crippen LogP contribution in [0.4, 0.5) is 0 Å². The summed E-state index contributed by atoms with van der Waals surface area (Å²) in [6, 6.07) is 18.0. The lowest BCUT2D eigenvalue weighted by Gasteiger charge is -2.17. The van der Waals surface area contributed by atoms with Gasteiger partial charge in [-0.3, -0.25) is 9.59 Å². The highest BCUT2D eigenvalue weighted by Gasteiger charge is 2.24. The maximum atomic E-state index is 12.8. The maximum Gasteiger partial charge on any atom is 0.252 e. The summed E-state index contributed by atoms with van der Waals surface area (Å²) in [6.07, 6.45) is 0. The van der Waals surface area contributed by atoms with Gasteiger partial charge in [0.2, 0.25) is 5.78 Å². The van der Waals surface area contributed by atoms with Crippen molar-refractivity contribution in [2.24, 2.45) is 0 Å². The van der Waals surface area contributed by atoms with Gasteiger partial charge in [0.25, 0.3) is 5.91 Å². The zero-order chi connectivity index (χ0) is 18.5. The van der Waals surface area contributed by atoms with Crippen LogP contribution in [0.3, 0.4) is 0 Å². The van der Waals surface area contributed by atoms with E-state index in [1.54, 1.807) is 30.3 Å². The van der Waals surface area contributed by atoms with E-state index in [-0.39, 0.29) is 11.7 Å². The number of thioether (sulfide) groups is 1. The average molecular weight is 402 g/mol. The molecule has 1 amide bonds. The minimum atomic E-state index is -0.719. The lowest BCUT2D eigenvalue weighted by atomic mass is 10.1. The van der Waals surface area contributed by atoms with E-state index in [2.05, 4.69) is 5.32 Å². The van der Waals surface area contributed by atoms with Gasteiger partial charge in [0.15, 0.2) is 0 Å². The number of carbonyl (C=O) groups is 2. The van der Waals surface area contributed by atoms with E-state index < -0.39 is 5.37 Å². The summed E-state index contributed by atoms with van der Waals surface area (Å²) in [5.41, 5.74) is 1.60. The van der Waals surface area contributed by atoms with Crippen molar-refractivity contribution >= 4 is 46.4 Å². The van der Waals surface area contributed by atoms with Gasteiger partial charge in [-0.1, -0.05) is 47.1 Å². The molecule has 3 nitrogen and oxygen atoms in total. The van der Waals surface area contributed by atoms with E-state index in [1.165, 1.54) is 23.1 Å². The van der Waals surface area contributed by atoms with Crippen molar-refractivity contribution in [3.63, 3.8) is 0 Å². The van der Waals surface area contributed by atoms with Crippen LogP contribution >= 0.6 is 34.7 Å². The van der Waals surface area contributed by atoms with E-state index in [0.717, 1.165) is 10.5 Å². The highest BCUT2D eigenvalue weighted by molar-refractivity contribution is 8.00. The quantitative estimate of drug-likeness (QED) is 0.340. The first-order chi connectivity index (χ1) is 12.5. The molecule has 0 fully saturated rings. The second-order valence-electron chi connectivity index (χ2n) is 5.63. The molecule has 0 saturated carbocycles. The number of hydrogen-bond acceptors (Lipinski definition) is 4. The highest BCUT2D eigenvalue weighted by Crippen LogP contribution is 2.27. The molecule has 6 heteroatoms. The average Bonchev–Trinajstić information content (AvgIpc) is 3.17. The SMILES string of the molecule is Cc1ccc(C(=O)N[C@@H](Sc2ccc(Cl)cc2)C(=O)c2cccs2)cc1. The number of rotatable bonds is 6. The fourth-order valence-corrected chi connectivity index (χ4v) is 4.11. The van der Waals surface area contributed by atoms with Crippen molar-refractivity contribution in [1.82, 2.24) is 5.32 Å². The van der Waals surface area contributed by atoms with Crippen LogP contribution in [-0.2, 0) is 0 Å². The number of halogens is 1. The summed E-state index contributed by atoms with van der Waals surface area (Å²) in [7, 11) is 0. The molecule has 3 aromatic rings. The maximum absolute atomic E-state index is 12.8. The lowest BCUT2D eigenvalue weighted by Crippen LogP contribution is -2.38. The summed E-state index contributed by atoms with van der Waals surface area (Å²) in [5.74, 6) is -0.401. The molecule has 1 heterocycles. The molecule has 0 bridgehead atoms. The number of carbonyl (C=O) groups excluding carboxylic acids is 2. The van der Waals surface area contributed by atoms with Gasteiger partial charge in [0, 0.05) is 15.5 Å². The van der Waals surface area contributed by atoms with Crippen LogP contribution in [0.1, 0.15) is 25.6 Å². The van der Waals surface area contributed by atoms with Crippen LogP contribution < -0.4 is 5.32 Å². The summed E-state index contributed by atoms with van der Waals surface area (Å²) < 4.78 is 0. The molecule has 0 aliphatic carbocycles. The number of aryl methyl sites for hydroxylation is 1. The van der Waals surface area contributed by atoms with Crippen molar-refractivity contribution < 1.29 is 9.59 Å². The first-order valence-electron chi connectivity index (χ1n) is 7.90. The molecule has 132 valence electrons. The van der Waals surface area contributed by atoms with Crippen LogP contribution in [0.25, 0.3) is 0 Å². The first-order valence-corrected chi connectivity index (χ1v) is 10.0. The Morgan fingerprint density at radius 1 is 1.04 bits per heavy atom. The Balaban J connectivity index is 1.82. The van der Waals surface area contributed by atoms with Gasteiger partial charge in [0.05, 0.1) is 4.88 Å². The lowest BCUT2D eigenvalue weighted by molar-refractivity contribution is 0.0894. The molecule has 0 saturated heterocycles. The summed E-state index contributed by atoms with van der Waals surface area (Å²) in [5, 5.41) is 4.60. The predicted octanol–water partition coefficient (Wildman–Crippen LogP) is 5.44. The number of ketones is 1. The molecule has 1 aromatic heterocycles. The molecule has 0 aliphatic rings. The van der Waals surface area contributed by atoms with Gasteiger partial charge in [-0.15, -0.1) is 11.3 Å². The van der Waals surface area contributed by atoms with Gasteiger partial charge in [-0.05, 0) is 54.8 Å². The van der Waals surface area contributed by atoms with Crippen LogP contribution in [0.15, 0.2) is 70.9 Å². The number of thiophene rings is 1. The molecular formula is C20H16ClNO2S2. The molecule has 1 N–H and O–H groups in total. The molecule has 26 heavy (non-hydrogen) atoms. The predicted molar refractivity (Wildman–Crippen MR) is 108 cm³/mol. The van der Waals surface area contributed by atoms with Crippen LogP contribution in [-0.4, -0.2) is 17.1 Å². The third-order valence-electron chi connectivity index (χ3n) is 3.65. The molecule has 0 aliphatic heterocycles. The molecule has 1 atom stereocenters. The fraction of sp³-hybridized carbons (Fsp3) is 0.100. The third kappa shape index (κ3) is 4.75. The molecule has 3 rings (SSSR count). The molecule has 0 radical (unpaired) electrons. The van der Waals surface area contributed by atoms with Crippen molar-refractivity contribution in [2.45, 2.75) is 17.2 Å². The van der Waals surface area contributed by atoms with Gasteiger partial charge in [-0.25, -0.2) is 0 Å². The monoisotopic (exact) mass is 401 g/mol. The van der Waals surface area contributed by atoms with E-state index in [0.29, 0.717) is 15.5 Å². The standard InChI is InChI=1S/C20H16ClNO2S2/c1-13-4-6-14(7-5-13)19(24)22-20(18(23)17-3-2-12-25-17)26-16-10-8-15(21)9-11-16/h2-12,20H,1H3,(H,22,24)/t20-/m0/s1. The number of amides is 1. The fourth-order valence-electron chi connectivity index (χ4n) is 2.25. The normalized spacial score (nSPS) is 11.8. The Hall–Kier alpha value is -2.08. The first kappa shape index (κ1) is 18.7. The highest BCUT2D eigenvalue weighted by atomic mass is 35.5. The van der Waals surface area contributed by atoms with Crippen molar-refractivity contribution in [2.75, 3.05) is 0 Å². The minimum absolute atomic E-state index is 0.125. The summed E-state index contributed by atoms with van der Waals surface area (Å²) in [4.78, 5) is 26.9. The number of hydrogen-bond donors (Lipinski definition) is 1. The molecular weight excluding hydrogens is 386 g/mol. The molecule has 2 aromatic carbocycles. The zero-order valence-electron chi connectivity index (χ0n) is 13.9. The number of benzene rings is 2. The summed E-state index contributed by atoms with van der Waals surface area (Å²) in [6.45, 7) is 1.96. The number of Topliss-reactive ketones (excluding diaryl/α,β-unsaturated/α-hetero) is 1. The van der Waals surface area contributed by atoms with Crippen LogP contribution in [0.5, 0.6) is 0 Å². The zero-order valence-corrected chi connectivity index (χ0v) is 16.3. The van der Waals surface area contributed by atoms with Gasteiger partial charge < -0.3 is 5.32 Å². The Bertz CT molecular complexity index is 891. The molecule has 0 unspecified atom stereocenters. The summed E-state index contributed by atoms with van der Waals surface area (Å²) >= 11 is 8.58. The number of nitrogens with one attached hydrogen (secondary N) is 1. The minimum Gasteiger partial charge on any atom is -0.333 e. The van der Waals surface area contributed by atoms with Crippen molar-refractivity contribution in [3.05, 3.63) is 87.1 Å². The third-order valence-corrected chi connectivity index (χ3v) is 5.89. The topological polar surface area (TPSA) is 46.2 Å². The second-order valence-corrected chi connectivity index (χ2v) is 8.20. The van der Waals surface area contributed by atoms with E-state index in [9.17, 15) is 9.59 Å². The van der Waals surface area contributed by atoms with Crippen LogP contribution in [0.2, 0.25) is 5.02 Å². The Morgan fingerprint density at radius 2 is 1.73 bits per heavy atom. The molecule has 0 spiro atoms. The Kier molecular flexibility index (Phi) is 6.14. The van der Waals surface area contributed by atoms with Crippen LogP contribution in [0, 0.1) is 6.92 Å². The van der Waals surface area contributed by atoms with Gasteiger partial charge in [-0.2, -0.15) is 0 Å². The Morgan fingerprint density at radius 3 is 2.35 bits per heavy atom. The van der Waals surface area contributed by atoms with E-state index >= 15 is 0 Å². The van der Waals surface area contributed by atoms with E-state index in [1.807, 2.05) is 42.6 Å². The van der Waals surface area contributed by atoms with Gasteiger partial charge in [0.1, 0.15) is 5.37 Å². The smallest absolute Gasteiger partial charge is 0.252 e. The van der Waals surface area contributed by atoms with Gasteiger partial charge >= 0.3 is 0 Å². The Labute approximate surface area is 165 Å². The van der Waals surface area contributed by atoms with E-state index in [4.69, 9.17) is 11.6 Å². The second kappa shape index (κ2) is 8.54. The largest absolute Gasteiger partial charge is 0.333 e. The van der Waals surface area contributed by atoms with Crippen molar-refractivity contribution in [1.29, 1.82) is 0 Å².